The Hall–Kier alpha value is -3.09. The van der Waals surface area contributed by atoms with Crippen molar-refractivity contribution in [1.29, 1.82) is 0 Å². The second-order valence-electron chi connectivity index (χ2n) is 5.07. The van der Waals surface area contributed by atoms with Crippen molar-refractivity contribution in [3.05, 3.63) is 71.3 Å². The minimum atomic E-state index is -0.321. The Kier molecular flexibility index (Phi) is 4.09. The average molecular weight is 311 g/mol. The van der Waals surface area contributed by atoms with Crippen LogP contribution in [0.2, 0.25) is 0 Å². The van der Waals surface area contributed by atoms with Gasteiger partial charge >= 0.3 is 0 Å². The summed E-state index contributed by atoms with van der Waals surface area (Å²) in [7, 11) is 0. The average Bonchev–Trinajstić information content (AvgIpc) is 3.06. The normalized spacial score (nSPS) is 10.5. The monoisotopic (exact) mass is 311 g/mol. The van der Waals surface area contributed by atoms with E-state index in [0.717, 1.165) is 11.3 Å². The molecule has 0 atom stereocenters. The lowest BCUT2D eigenvalue weighted by atomic mass is 10.1. The molecule has 116 valence electrons. The summed E-state index contributed by atoms with van der Waals surface area (Å²) >= 11 is 0. The minimum absolute atomic E-state index is 0.222. The lowest BCUT2D eigenvalue weighted by Gasteiger charge is -2.09. The van der Waals surface area contributed by atoms with Crippen molar-refractivity contribution in [2.75, 3.05) is 0 Å². The first-order valence-corrected chi connectivity index (χ1v) is 7.00. The summed E-state index contributed by atoms with van der Waals surface area (Å²) < 4.78 is 14.6. The van der Waals surface area contributed by atoms with Crippen LogP contribution in [0.25, 0.3) is 5.69 Å². The Morgan fingerprint density at radius 2 is 2.13 bits per heavy atom. The lowest BCUT2D eigenvalue weighted by Crippen LogP contribution is -2.23. The Bertz CT molecular complexity index is 832. The molecule has 1 N–H and O–H groups in total. The first-order valence-electron chi connectivity index (χ1n) is 7.00. The Morgan fingerprint density at radius 1 is 1.26 bits per heavy atom. The van der Waals surface area contributed by atoms with Crippen LogP contribution in [0.4, 0.5) is 4.39 Å². The van der Waals surface area contributed by atoms with Crippen LogP contribution in [-0.2, 0) is 6.54 Å². The third-order valence-electron chi connectivity index (χ3n) is 3.40. The predicted molar refractivity (Wildman–Crippen MR) is 81.5 cm³/mol. The first-order chi connectivity index (χ1) is 11.1. The van der Waals surface area contributed by atoms with Crippen molar-refractivity contribution in [3.8, 4) is 5.69 Å². The number of amides is 1. The molecule has 3 rings (SSSR count). The molecular formula is C16H14FN5O. The summed E-state index contributed by atoms with van der Waals surface area (Å²) in [6, 6.07) is 11.4. The Morgan fingerprint density at radius 3 is 2.83 bits per heavy atom. The molecule has 0 aliphatic rings. The van der Waals surface area contributed by atoms with E-state index >= 15 is 0 Å². The molecule has 2 aromatic carbocycles. The van der Waals surface area contributed by atoms with Gasteiger partial charge in [0.2, 0.25) is 0 Å². The van der Waals surface area contributed by atoms with Gasteiger partial charge in [-0.05, 0) is 58.8 Å². The Labute approximate surface area is 132 Å². The maximum absolute atomic E-state index is 13.1. The molecule has 0 unspecified atom stereocenters. The van der Waals surface area contributed by atoms with Crippen LogP contribution in [0, 0.1) is 12.7 Å². The van der Waals surface area contributed by atoms with Crippen LogP contribution < -0.4 is 5.32 Å². The number of nitrogens with one attached hydrogen (secondary N) is 1. The molecule has 0 aliphatic carbocycles. The highest BCUT2D eigenvalue weighted by Gasteiger charge is 2.09. The van der Waals surface area contributed by atoms with E-state index in [2.05, 4.69) is 20.8 Å². The number of carbonyl (C=O) groups excluding carboxylic acids is 1. The largest absolute Gasteiger partial charge is 0.348 e. The maximum atomic E-state index is 13.1. The van der Waals surface area contributed by atoms with E-state index in [1.54, 1.807) is 30.3 Å². The van der Waals surface area contributed by atoms with Crippen LogP contribution in [-0.4, -0.2) is 26.1 Å². The standard InChI is InChI=1S/C16H14FN5O/c1-11-7-13(5-6-15(11)22-10-19-20-21-22)16(23)18-9-12-3-2-4-14(17)8-12/h2-8,10H,9H2,1H3,(H,18,23). The lowest BCUT2D eigenvalue weighted by molar-refractivity contribution is 0.0951. The third kappa shape index (κ3) is 3.39. The van der Waals surface area contributed by atoms with Crippen molar-refractivity contribution < 1.29 is 9.18 Å². The van der Waals surface area contributed by atoms with Gasteiger partial charge in [-0.3, -0.25) is 4.79 Å². The molecule has 1 heterocycles. The zero-order chi connectivity index (χ0) is 16.2. The summed E-state index contributed by atoms with van der Waals surface area (Å²) in [5.41, 5.74) is 2.91. The van der Waals surface area contributed by atoms with E-state index in [1.807, 2.05) is 6.92 Å². The number of tetrazole rings is 1. The molecule has 1 amide bonds. The smallest absolute Gasteiger partial charge is 0.251 e. The summed E-state index contributed by atoms with van der Waals surface area (Å²) in [5, 5.41) is 13.8. The number of aromatic nitrogens is 4. The molecule has 0 radical (unpaired) electrons. The van der Waals surface area contributed by atoms with E-state index in [1.165, 1.54) is 23.1 Å². The van der Waals surface area contributed by atoms with Gasteiger partial charge in [0.05, 0.1) is 5.69 Å². The molecule has 7 heteroatoms. The van der Waals surface area contributed by atoms with E-state index in [-0.39, 0.29) is 18.3 Å². The van der Waals surface area contributed by atoms with Gasteiger partial charge < -0.3 is 5.32 Å². The Balaban J connectivity index is 1.71. The quantitative estimate of drug-likeness (QED) is 0.800. The van der Waals surface area contributed by atoms with Crippen LogP contribution >= 0.6 is 0 Å². The van der Waals surface area contributed by atoms with Crippen LogP contribution in [0.15, 0.2) is 48.8 Å². The molecule has 6 nitrogen and oxygen atoms in total. The number of nitrogens with zero attached hydrogens (tertiary/aromatic N) is 4. The number of halogens is 1. The minimum Gasteiger partial charge on any atom is -0.348 e. The van der Waals surface area contributed by atoms with E-state index in [9.17, 15) is 9.18 Å². The number of aryl methyl sites for hydroxylation is 1. The topological polar surface area (TPSA) is 72.7 Å². The van der Waals surface area contributed by atoms with Gasteiger partial charge in [-0.2, -0.15) is 0 Å². The molecule has 0 saturated carbocycles. The zero-order valence-corrected chi connectivity index (χ0v) is 12.4. The highest BCUT2D eigenvalue weighted by molar-refractivity contribution is 5.94. The van der Waals surface area contributed by atoms with Gasteiger partial charge in [0.25, 0.3) is 5.91 Å². The fraction of sp³-hybridized carbons (Fsp3) is 0.125. The van der Waals surface area contributed by atoms with Gasteiger partial charge in [0, 0.05) is 12.1 Å². The molecule has 0 bridgehead atoms. The van der Waals surface area contributed by atoms with E-state index in [4.69, 9.17) is 0 Å². The molecule has 0 spiro atoms. The van der Waals surface area contributed by atoms with Gasteiger partial charge in [-0.15, -0.1) is 5.10 Å². The summed E-state index contributed by atoms with van der Waals surface area (Å²) in [4.78, 5) is 12.2. The predicted octanol–water partition coefficient (Wildman–Crippen LogP) is 2.04. The first kappa shape index (κ1) is 14.8. The van der Waals surface area contributed by atoms with Crippen molar-refractivity contribution in [2.24, 2.45) is 0 Å². The van der Waals surface area contributed by atoms with Gasteiger partial charge in [0.15, 0.2) is 0 Å². The summed E-state index contributed by atoms with van der Waals surface area (Å²) in [5.74, 6) is -0.543. The molecule has 0 saturated heterocycles. The van der Waals surface area contributed by atoms with Gasteiger partial charge in [-0.25, -0.2) is 9.07 Å². The van der Waals surface area contributed by atoms with Gasteiger partial charge in [0.1, 0.15) is 12.1 Å². The van der Waals surface area contributed by atoms with Crippen molar-refractivity contribution in [2.45, 2.75) is 13.5 Å². The number of hydrogen-bond acceptors (Lipinski definition) is 4. The number of benzene rings is 2. The van der Waals surface area contributed by atoms with Crippen LogP contribution in [0.3, 0.4) is 0 Å². The zero-order valence-electron chi connectivity index (χ0n) is 12.4. The van der Waals surface area contributed by atoms with Crippen LogP contribution in [0.5, 0.6) is 0 Å². The highest BCUT2D eigenvalue weighted by Crippen LogP contribution is 2.14. The molecule has 0 aliphatic heterocycles. The number of rotatable bonds is 4. The molecule has 23 heavy (non-hydrogen) atoms. The van der Waals surface area contributed by atoms with E-state index < -0.39 is 0 Å². The second-order valence-corrected chi connectivity index (χ2v) is 5.07. The SMILES string of the molecule is Cc1cc(C(=O)NCc2cccc(F)c2)ccc1-n1cnnn1. The molecular weight excluding hydrogens is 297 g/mol. The fourth-order valence-electron chi connectivity index (χ4n) is 2.26. The van der Waals surface area contributed by atoms with Crippen LogP contribution in [0.1, 0.15) is 21.5 Å². The summed E-state index contributed by atoms with van der Waals surface area (Å²) in [6.07, 6.45) is 1.49. The third-order valence-corrected chi connectivity index (χ3v) is 3.40. The second kappa shape index (κ2) is 6.35. The highest BCUT2D eigenvalue weighted by atomic mass is 19.1. The number of hydrogen-bond donors (Lipinski definition) is 1. The summed E-state index contributed by atoms with van der Waals surface area (Å²) in [6.45, 7) is 2.14. The van der Waals surface area contributed by atoms with Crippen molar-refractivity contribution in [3.63, 3.8) is 0 Å². The van der Waals surface area contributed by atoms with Crippen molar-refractivity contribution >= 4 is 5.91 Å². The molecule has 1 aromatic heterocycles. The number of carbonyl (C=O) groups is 1. The molecule has 0 fully saturated rings. The van der Waals surface area contributed by atoms with Gasteiger partial charge in [-0.1, -0.05) is 12.1 Å². The van der Waals surface area contributed by atoms with E-state index in [0.29, 0.717) is 11.1 Å². The maximum Gasteiger partial charge on any atom is 0.251 e. The fourth-order valence-corrected chi connectivity index (χ4v) is 2.26. The molecule has 3 aromatic rings. The van der Waals surface area contributed by atoms with Crippen molar-refractivity contribution in [1.82, 2.24) is 25.5 Å².